The second-order valence-electron chi connectivity index (χ2n) is 10.3. The molecule has 5 aromatic rings. The third-order valence-corrected chi connectivity index (χ3v) is 9.11. The zero-order valence-electron chi connectivity index (χ0n) is 25.1. The molecule has 0 aliphatic carbocycles. The molecule has 5 aromatic carbocycles. The first-order valence-electron chi connectivity index (χ1n) is 14.2. The van der Waals surface area contributed by atoms with Crippen molar-refractivity contribution >= 4 is 27.3 Å². The molecule has 0 saturated carbocycles. The fourth-order valence-corrected chi connectivity index (χ4v) is 6.47. The zero-order valence-corrected chi connectivity index (χ0v) is 25.9. The van der Waals surface area contributed by atoms with E-state index in [2.05, 4.69) is 5.32 Å². The number of hydrogen-bond donors (Lipinski definition) is 1. The highest BCUT2D eigenvalue weighted by molar-refractivity contribution is 7.89. The Hall–Kier alpha value is -5.52. The van der Waals surface area contributed by atoms with Gasteiger partial charge in [0.05, 0.1) is 19.1 Å². The third-order valence-electron chi connectivity index (χ3n) is 7.27. The number of nitrogens with zero attached hydrogens (tertiary/aromatic N) is 2. The summed E-state index contributed by atoms with van der Waals surface area (Å²) in [4.78, 5) is 23.5. The van der Waals surface area contributed by atoms with Crippen LogP contribution in [0.2, 0.25) is 0 Å². The van der Waals surface area contributed by atoms with Crippen LogP contribution in [0.4, 0.5) is 11.4 Å². The van der Waals surface area contributed by atoms with Crippen LogP contribution in [0.5, 0.6) is 11.5 Å². The molecule has 0 saturated heterocycles. The number of nitrogens with one attached hydrogen (secondary N) is 1. The Morgan fingerprint density at radius 1 is 0.739 bits per heavy atom. The molecule has 1 amide bonds. The van der Waals surface area contributed by atoms with Gasteiger partial charge in [-0.1, -0.05) is 66.7 Å². The fraction of sp³-hybridized carbons (Fsp3) is 0.114. The van der Waals surface area contributed by atoms with Crippen molar-refractivity contribution in [1.29, 1.82) is 0 Å². The van der Waals surface area contributed by atoms with Crippen LogP contribution in [0.25, 0.3) is 11.1 Å². The molecule has 0 fully saturated rings. The van der Waals surface area contributed by atoms with E-state index in [0.717, 1.165) is 21.5 Å². The highest BCUT2D eigenvalue weighted by Crippen LogP contribution is 2.31. The Morgan fingerprint density at radius 3 is 1.91 bits per heavy atom. The Bertz CT molecular complexity index is 1930. The molecular weight excluding hydrogens is 606 g/mol. The van der Waals surface area contributed by atoms with Crippen LogP contribution in [0, 0.1) is 10.1 Å². The van der Waals surface area contributed by atoms with Crippen LogP contribution in [0.3, 0.4) is 0 Å². The molecule has 0 aliphatic rings. The summed E-state index contributed by atoms with van der Waals surface area (Å²) in [6, 6.07) is 34.1. The minimum atomic E-state index is -4.36. The molecule has 234 valence electrons. The van der Waals surface area contributed by atoms with Gasteiger partial charge in [0.1, 0.15) is 11.5 Å². The molecule has 5 rings (SSSR count). The lowest BCUT2D eigenvalue weighted by Gasteiger charge is -2.23. The lowest BCUT2D eigenvalue weighted by molar-refractivity contribution is -0.387. The van der Waals surface area contributed by atoms with Crippen LogP contribution in [-0.4, -0.2) is 37.8 Å². The van der Waals surface area contributed by atoms with Crippen molar-refractivity contribution < 1.29 is 27.6 Å². The summed E-state index contributed by atoms with van der Waals surface area (Å²) in [6.45, 7) is -0.234. The smallest absolute Gasteiger partial charge is 0.289 e. The van der Waals surface area contributed by atoms with Crippen molar-refractivity contribution in [3.05, 3.63) is 148 Å². The van der Waals surface area contributed by atoms with E-state index in [1.54, 1.807) is 54.6 Å². The number of sulfonamides is 1. The van der Waals surface area contributed by atoms with Gasteiger partial charge in [-0.3, -0.25) is 14.9 Å². The maximum atomic E-state index is 14.0. The summed E-state index contributed by atoms with van der Waals surface area (Å²) in [5.74, 6) is 0.638. The summed E-state index contributed by atoms with van der Waals surface area (Å²) in [5, 5.41) is 14.6. The minimum Gasteiger partial charge on any atom is -0.497 e. The Morgan fingerprint density at radius 2 is 1.30 bits per heavy atom. The molecule has 0 atom stereocenters. The summed E-state index contributed by atoms with van der Waals surface area (Å²) in [7, 11) is -1.39. The van der Waals surface area contributed by atoms with E-state index in [1.165, 1.54) is 32.4 Å². The SMILES string of the molecule is COc1cc(CN(Cc2ccc(NC(=O)c3ccc(-c4ccccc4)cc3)cc2)S(=O)(=O)c2ccccc2[N+](=O)[O-])cc(OC)c1. The number of nitro benzene ring substituents is 1. The molecule has 46 heavy (non-hydrogen) atoms. The average molecular weight is 638 g/mol. The molecular formula is C35H31N3O7S. The standard InChI is InChI=1S/C35H31N3O7S/c1-44-31-20-26(21-32(22-31)45-2)24-37(46(42,43)34-11-7-6-10-33(34)38(40)41)23-25-12-18-30(19-13-25)36-35(39)29-16-14-28(15-17-29)27-8-4-3-5-9-27/h3-22H,23-24H2,1-2H3,(H,36,39). The van der Waals surface area contributed by atoms with E-state index in [9.17, 15) is 23.3 Å². The number of para-hydroxylation sites is 1. The summed E-state index contributed by atoms with van der Waals surface area (Å²) in [5.41, 5.74) is 3.68. The first kappa shape index (κ1) is 31.9. The number of amides is 1. The van der Waals surface area contributed by atoms with Crippen LogP contribution in [0.15, 0.2) is 126 Å². The number of methoxy groups -OCH3 is 2. The maximum absolute atomic E-state index is 14.0. The molecule has 11 heteroatoms. The van der Waals surface area contributed by atoms with Crippen molar-refractivity contribution in [1.82, 2.24) is 4.31 Å². The molecule has 1 N–H and O–H groups in total. The van der Waals surface area contributed by atoms with E-state index in [1.807, 2.05) is 42.5 Å². The number of anilines is 1. The van der Waals surface area contributed by atoms with Crippen molar-refractivity contribution in [2.45, 2.75) is 18.0 Å². The molecule has 0 aromatic heterocycles. The summed E-state index contributed by atoms with van der Waals surface area (Å²) >= 11 is 0. The lowest BCUT2D eigenvalue weighted by atomic mass is 10.0. The topological polar surface area (TPSA) is 128 Å². The van der Waals surface area contributed by atoms with E-state index in [-0.39, 0.29) is 19.0 Å². The van der Waals surface area contributed by atoms with Crippen molar-refractivity contribution in [3.63, 3.8) is 0 Å². The van der Waals surface area contributed by atoms with Gasteiger partial charge < -0.3 is 14.8 Å². The molecule has 0 aliphatic heterocycles. The molecule has 0 unspecified atom stereocenters. The molecule has 0 spiro atoms. The van der Waals surface area contributed by atoms with Crippen LogP contribution in [-0.2, 0) is 23.1 Å². The number of rotatable bonds is 12. The fourth-order valence-electron chi connectivity index (χ4n) is 4.90. The molecule has 0 radical (unpaired) electrons. The van der Waals surface area contributed by atoms with Crippen LogP contribution >= 0.6 is 0 Å². The Kier molecular flexibility index (Phi) is 9.75. The van der Waals surface area contributed by atoms with Crippen LogP contribution < -0.4 is 14.8 Å². The first-order chi connectivity index (χ1) is 22.2. The van der Waals surface area contributed by atoms with Gasteiger partial charge in [-0.2, -0.15) is 4.31 Å². The Balaban J connectivity index is 1.38. The number of hydrogen-bond acceptors (Lipinski definition) is 7. The molecule has 10 nitrogen and oxygen atoms in total. The lowest BCUT2D eigenvalue weighted by Crippen LogP contribution is -2.30. The van der Waals surface area contributed by atoms with Crippen molar-refractivity contribution in [2.24, 2.45) is 0 Å². The normalized spacial score (nSPS) is 11.2. The van der Waals surface area contributed by atoms with E-state index >= 15 is 0 Å². The largest absolute Gasteiger partial charge is 0.497 e. The highest BCUT2D eigenvalue weighted by atomic mass is 32.2. The average Bonchev–Trinajstić information content (AvgIpc) is 3.09. The van der Waals surface area contributed by atoms with Gasteiger partial charge in [0.2, 0.25) is 0 Å². The predicted molar refractivity (Wildman–Crippen MR) is 175 cm³/mol. The summed E-state index contributed by atoms with van der Waals surface area (Å²) < 4.78 is 39.8. The maximum Gasteiger partial charge on any atom is 0.289 e. The van der Waals surface area contributed by atoms with Gasteiger partial charge in [0.25, 0.3) is 21.6 Å². The highest BCUT2D eigenvalue weighted by Gasteiger charge is 2.32. The van der Waals surface area contributed by atoms with Gasteiger partial charge in [0.15, 0.2) is 4.90 Å². The number of ether oxygens (including phenoxy) is 2. The van der Waals surface area contributed by atoms with Gasteiger partial charge >= 0.3 is 0 Å². The second kappa shape index (κ2) is 14.1. The zero-order chi connectivity index (χ0) is 32.7. The number of carbonyl (C=O) groups excluding carboxylic acids is 1. The van der Waals surface area contributed by atoms with Gasteiger partial charge in [0, 0.05) is 36.5 Å². The predicted octanol–water partition coefficient (Wildman–Crippen LogP) is 6.92. The van der Waals surface area contributed by atoms with Crippen molar-refractivity contribution in [2.75, 3.05) is 19.5 Å². The van der Waals surface area contributed by atoms with E-state index in [0.29, 0.717) is 33.9 Å². The molecule has 0 heterocycles. The van der Waals surface area contributed by atoms with Crippen molar-refractivity contribution in [3.8, 4) is 22.6 Å². The van der Waals surface area contributed by atoms with Crippen LogP contribution in [0.1, 0.15) is 21.5 Å². The molecule has 0 bridgehead atoms. The van der Waals surface area contributed by atoms with Gasteiger partial charge in [-0.25, -0.2) is 8.42 Å². The number of carbonyl (C=O) groups is 1. The first-order valence-corrected chi connectivity index (χ1v) is 15.6. The van der Waals surface area contributed by atoms with Gasteiger partial charge in [-0.05, 0) is 64.7 Å². The monoisotopic (exact) mass is 637 g/mol. The quantitative estimate of drug-likeness (QED) is 0.116. The second-order valence-corrected chi connectivity index (χ2v) is 12.2. The number of nitro groups is 1. The van der Waals surface area contributed by atoms with E-state index < -0.39 is 25.5 Å². The Labute approximate surface area is 267 Å². The third kappa shape index (κ3) is 7.40. The minimum absolute atomic E-state index is 0.108. The van der Waals surface area contributed by atoms with Gasteiger partial charge in [-0.15, -0.1) is 0 Å². The van der Waals surface area contributed by atoms with E-state index in [4.69, 9.17) is 9.47 Å². The number of benzene rings is 5. The summed E-state index contributed by atoms with van der Waals surface area (Å²) in [6.07, 6.45) is 0.